The Hall–Kier alpha value is -1.98. The van der Waals surface area contributed by atoms with Gasteiger partial charge in [0.15, 0.2) is 0 Å². The Bertz CT molecular complexity index is 671. The fraction of sp³-hybridized carbons (Fsp3) is 0.500. The highest BCUT2D eigenvalue weighted by molar-refractivity contribution is 5.30. The van der Waals surface area contributed by atoms with Crippen molar-refractivity contribution in [3.63, 3.8) is 0 Å². The highest BCUT2D eigenvalue weighted by atomic mass is 16.5. The molecular formula is C20H27N3O2. The van der Waals surface area contributed by atoms with Crippen molar-refractivity contribution >= 4 is 0 Å². The summed E-state index contributed by atoms with van der Waals surface area (Å²) in [5, 5.41) is 10.1. The van der Waals surface area contributed by atoms with Gasteiger partial charge in [0.1, 0.15) is 24.3 Å². The van der Waals surface area contributed by atoms with Crippen LogP contribution in [0.1, 0.15) is 36.8 Å². The van der Waals surface area contributed by atoms with Crippen LogP contribution in [0, 0.1) is 0 Å². The van der Waals surface area contributed by atoms with Crippen molar-refractivity contribution in [2.24, 2.45) is 0 Å². The third-order valence-electron chi connectivity index (χ3n) is 4.50. The van der Waals surface area contributed by atoms with Crippen molar-refractivity contribution in [3.05, 3.63) is 53.6 Å². The zero-order chi connectivity index (χ0) is 17.5. The Morgan fingerprint density at radius 2 is 2.08 bits per heavy atom. The van der Waals surface area contributed by atoms with Crippen molar-refractivity contribution in [2.75, 3.05) is 26.2 Å². The Morgan fingerprint density at radius 3 is 2.88 bits per heavy atom. The molecule has 0 spiro atoms. The Kier molecular flexibility index (Phi) is 6.36. The molecule has 1 aromatic carbocycles. The maximum Gasteiger partial charge on any atom is 0.132 e. The van der Waals surface area contributed by atoms with Crippen LogP contribution in [-0.2, 0) is 12.8 Å². The van der Waals surface area contributed by atoms with E-state index >= 15 is 0 Å². The number of nitrogens with zero attached hydrogens (tertiary/aromatic N) is 3. The van der Waals surface area contributed by atoms with Gasteiger partial charge in [-0.25, -0.2) is 9.97 Å². The lowest BCUT2D eigenvalue weighted by molar-refractivity contribution is 0.0758. The first-order chi connectivity index (χ1) is 12.2. The maximum atomic E-state index is 10.1. The van der Waals surface area contributed by atoms with Crippen LogP contribution in [0.5, 0.6) is 5.75 Å². The van der Waals surface area contributed by atoms with Crippen molar-refractivity contribution in [2.45, 2.75) is 38.7 Å². The molecule has 1 aromatic heterocycles. The number of rotatable bonds is 8. The van der Waals surface area contributed by atoms with Crippen molar-refractivity contribution in [1.29, 1.82) is 0 Å². The van der Waals surface area contributed by atoms with Crippen LogP contribution >= 0.6 is 0 Å². The summed E-state index contributed by atoms with van der Waals surface area (Å²) in [6.45, 7) is 5.28. The van der Waals surface area contributed by atoms with Gasteiger partial charge in [0.05, 0.1) is 0 Å². The van der Waals surface area contributed by atoms with E-state index in [1.54, 1.807) is 0 Å². The van der Waals surface area contributed by atoms with Gasteiger partial charge in [-0.2, -0.15) is 0 Å². The lowest BCUT2D eigenvalue weighted by atomic mass is 10.1. The minimum Gasteiger partial charge on any atom is -0.491 e. The average molecular weight is 341 g/mol. The fourth-order valence-corrected chi connectivity index (χ4v) is 3.16. The molecular weight excluding hydrogens is 314 g/mol. The van der Waals surface area contributed by atoms with E-state index in [4.69, 9.17) is 4.74 Å². The maximum absolute atomic E-state index is 10.1. The Balaban J connectivity index is 1.53. The smallest absolute Gasteiger partial charge is 0.132 e. The standard InChI is InChI=1S/C20H27N3O2/c1-2-17-8-9-21-20(22-17)13-16-6-5-7-19(12-16)25-15-18(24)14-23-10-3-4-11-23/h5-9,12,18,24H,2-4,10-11,13-15H2,1H3/t18-/m1/s1. The van der Waals surface area contributed by atoms with Crippen molar-refractivity contribution < 1.29 is 9.84 Å². The van der Waals surface area contributed by atoms with Crippen LogP contribution in [0.2, 0.25) is 0 Å². The molecule has 25 heavy (non-hydrogen) atoms. The van der Waals surface area contributed by atoms with E-state index in [9.17, 15) is 5.11 Å². The third kappa shape index (κ3) is 5.51. The molecule has 0 bridgehead atoms. The highest BCUT2D eigenvalue weighted by Crippen LogP contribution is 2.16. The summed E-state index contributed by atoms with van der Waals surface area (Å²) >= 11 is 0. The van der Waals surface area contributed by atoms with E-state index in [1.165, 1.54) is 12.8 Å². The number of benzene rings is 1. The zero-order valence-electron chi connectivity index (χ0n) is 14.9. The lowest BCUT2D eigenvalue weighted by Crippen LogP contribution is -2.33. The van der Waals surface area contributed by atoms with E-state index in [2.05, 4.69) is 27.9 Å². The van der Waals surface area contributed by atoms with E-state index in [-0.39, 0.29) is 0 Å². The van der Waals surface area contributed by atoms with Crippen LogP contribution in [0.4, 0.5) is 0 Å². The Morgan fingerprint density at radius 1 is 1.24 bits per heavy atom. The van der Waals surface area contributed by atoms with Gasteiger partial charge in [-0.05, 0) is 56.1 Å². The number of aromatic nitrogens is 2. The van der Waals surface area contributed by atoms with Crippen LogP contribution in [0.25, 0.3) is 0 Å². The van der Waals surface area contributed by atoms with Gasteiger partial charge in [0, 0.05) is 24.9 Å². The first-order valence-electron chi connectivity index (χ1n) is 9.16. The summed E-state index contributed by atoms with van der Waals surface area (Å²) in [7, 11) is 0. The molecule has 5 heteroatoms. The normalized spacial score (nSPS) is 16.1. The van der Waals surface area contributed by atoms with Crippen LogP contribution in [0.3, 0.4) is 0 Å². The zero-order valence-corrected chi connectivity index (χ0v) is 14.9. The van der Waals surface area contributed by atoms with Crippen LogP contribution in [-0.4, -0.2) is 52.3 Å². The quantitative estimate of drug-likeness (QED) is 0.799. The Labute approximate surface area is 149 Å². The SMILES string of the molecule is CCc1ccnc(Cc2cccc(OC[C@H](O)CN3CCCC3)c2)n1. The number of aliphatic hydroxyl groups is 1. The third-order valence-corrected chi connectivity index (χ3v) is 4.50. The molecule has 2 aromatic rings. The second kappa shape index (κ2) is 8.92. The predicted molar refractivity (Wildman–Crippen MR) is 97.8 cm³/mol. The number of likely N-dealkylation sites (tertiary alicyclic amines) is 1. The van der Waals surface area contributed by atoms with Gasteiger partial charge >= 0.3 is 0 Å². The van der Waals surface area contributed by atoms with Crippen molar-refractivity contribution in [1.82, 2.24) is 14.9 Å². The van der Waals surface area contributed by atoms with Gasteiger partial charge in [0.2, 0.25) is 0 Å². The molecule has 0 unspecified atom stereocenters. The average Bonchev–Trinajstić information content (AvgIpc) is 3.13. The number of aliphatic hydroxyl groups excluding tert-OH is 1. The largest absolute Gasteiger partial charge is 0.491 e. The van der Waals surface area contributed by atoms with E-state index in [0.717, 1.165) is 42.3 Å². The summed E-state index contributed by atoms with van der Waals surface area (Å²) < 4.78 is 5.78. The molecule has 1 atom stereocenters. The van der Waals surface area contributed by atoms with Gasteiger partial charge < -0.3 is 14.7 Å². The number of β-amino-alcohol motifs (C(OH)–C–C–N with tert-alkyl or cyclic N) is 1. The van der Waals surface area contributed by atoms with Crippen LogP contribution in [0.15, 0.2) is 36.5 Å². The summed E-state index contributed by atoms with van der Waals surface area (Å²) in [6, 6.07) is 9.90. The first kappa shape index (κ1) is 17.8. The molecule has 0 aliphatic carbocycles. The second-order valence-electron chi connectivity index (χ2n) is 6.61. The van der Waals surface area contributed by atoms with Gasteiger partial charge in [-0.15, -0.1) is 0 Å². The molecule has 1 saturated heterocycles. The predicted octanol–water partition coefficient (Wildman–Crippen LogP) is 2.47. The van der Waals surface area contributed by atoms with E-state index in [1.807, 2.05) is 30.5 Å². The molecule has 1 aliphatic rings. The minimum atomic E-state index is -0.452. The highest BCUT2D eigenvalue weighted by Gasteiger charge is 2.16. The minimum absolute atomic E-state index is 0.321. The fourth-order valence-electron chi connectivity index (χ4n) is 3.16. The summed E-state index contributed by atoms with van der Waals surface area (Å²) in [4.78, 5) is 11.2. The number of ether oxygens (including phenoxy) is 1. The molecule has 134 valence electrons. The summed E-state index contributed by atoms with van der Waals surface area (Å²) in [5.74, 6) is 1.61. The second-order valence-corrected chi connectivity index (χ2v) is 6.61. The van der Waals surface area contributed by atoms with Crippen LogP contribution < -0.4 is 4.74 Å². The first-order valence-corrected chi connectivity index (χ1v) is 9.16. The monoisotopic (exact) mass is 341 g/mol. The molecule has 1 aliphatic heterocycles. The molecule has 3 rings (SSSR count). The number of hydrogen-bond acceptors (Lipinski definition) is 5. The van der Waals surface area contributed by atoms with E-state index < -0.39 is 6.10 Å². The number of hydrogen-bond donors (Lipinski definition) is 1. The van der Waals surface area contributed by atoms with Gasteiger partial charge in [-0.1, -0.05) is 19.1 Å². The molecule has 0 radical (unpaired) electrons. The van der Waals surface area contributed by atoms with Gasteiger partial charge in [0.25, 0.3) is 0 Å². The molecule has 0 saturated carbocycles. The lowest BCUT2D eigenvalue weighted by Gasteiger charge is -2.19. The van der Waals surface area contributed by atoms with Gasteiger partial charge in [-0.3, -0.25) is 0 Å². The van der Waals surface area contributed by atoms with E-state index in [0.29, 0.717) is 19.6 Å². The molecule has 1 N–H and O–H groups in total. The topological polar surface area (TPSA) is 58.5 Å². The summed E-state index contributed by atoms with van der Waals surface area (Å²) in [5.41, 5.74) is 2.17. The molecule has 5 nitrogen and oxygen atoms in total. The van der Waals surface area contributed by atoms with Crippen molar-refractivity contribution in [3.8, 4) is 5.75 Å². The number of aryl methyl sites for hydroxylation is 1. The molecule has 0 amide bonds. The molecule has 1 fully saturated rings. The summed E-state index contributed by atoms with van der Waals surface area (Å²) in [6.07, 6.45) is 5.42. The molecule has 2 heterocycles.